The number of carbonyl (C=O) groups is 1. The molecule has 2 rings (SSSR count). The van der Waals surface area contributed by atoms with Gasteiger partial charge in [-0.3, -0.25) is 4.79 Å². The Hall–Kier alpha value is -2.41. The molecule has 0 bridgehead atoms. The van der Waals surface area contributed by atoms with E-state index in [1.807, 2.05) is 0 Å². The molecule has 124 valence electrons. The molecule has 1 heterocycles. The highest BCUT2D eigenvalue weighted by molar-refractivity contribution is 5.94. The molecular weight excluding hydrogens is 298 g/mol. The molecule has 1 aromatic carbocycles. The van der Waals surface area contributed by atoms with Crippen LogP contribution in [-0.4, -0.2) is 40.4 Å². The lowest BCUT2D eigenvalue weighted by atomic mass is 10.2. The van der Waals surface area contributed by atoms with E-state index in [0.29, 0.717) is 36.1 Å². The Bertz CT molecular complexity index is 640. The fourth-order valence-electron chi connectivity index (χ4n) is 1.92. The van der Waals surface area contributed by atoms with Gasteiger partial charge in [0.15, 0.2) is 5.82 Å². The average Bonchev–Trinajstić information content (AvgIpc) is 2.95. The molecule has 1 aromatic heterocycles. The van der Waals surface area contributed by atoms with Gasteiger partial charge in [-0.2, -0.15) is 4.98 Å². The molecule has 0 fully saturated rings. The monoisotopic (exact) mass is 319 g/mol. The van der Waals surface area contributed by atoms with E-state index in [0.717, 1.165) is 6.42 Å². The van der Waals surface area contributed by atoms with Crippen molar-refractivity contribution in [2.75, 3.05) is 13.2 Å². The lowest BCUT2D eigenvalue weighted by Crippen LogP contribution is -2.30. The van der Waals surface area contributed by atoms with Gasteiger partial charge in [0.25, 0.3) is 5.91 Å². The summed E-state index contributed by atoms with van der Waals surface area (Å²) in [5.74, 6) is 1.60. The number of hydrogen-bond acceptors (Lipinski definition) is 6. The number of aryl methyl sites for hydroxylation is 2. The number of benzene rings is 1. The van der Waals surface area contributed by atoms with Crippen LogP contribution in [0, 0.1) is 6.92 Å². The normalized spacial score (nSPS) is 12.0. The van der Waals surface area contributed by atoms with Crippen molar-refractivity contribution in [3.8, 4) is 5.75 Å². The van der Waals surface area contributed by atoms with Crippen LogP contribution >= 0.6 is 0 Å². The highest BCUT2D eigenvalue weighted by atomic mass is 16.5. The SMILES string of the molecule is Cc1noc(CCCOc2cccc(C(=O)NCC(C)O)c2)n1. The van der Waals surface area contributed by atoms with Gasteiger partial charge in [-0.1, -0.05) is 11.2 Å². The Kier molecular flexibility index (Phi) is 6.10. The first-order valence-electron chi connectivity index (χ1n) is 7.53. The van der Waals surface area contributed by atoms with E-state index in [-0.39, 0.29) is 12.5 Å². The van der Waals surface area contributed by atoms with Crippen molar-refractivity contribution in [2.45, 2.75) is 32.8 Å². The van der Waals surface area contributed by atoms with E-state index in [4.69, 9.17) is 9.26 Å². The van der Waals surface area contributed by atoms with E-state index < -0.39 is 6.10 Å². The summed E-state index contributed by atoms with van der Waals surface area (Å²) in [5, 5.41) is 15.6. The summed E-state index contributed by atoms with van der Waals surface area (Å²) in [6.45, 7) is 4.09. The molecule has 2 aromatic rings. The quantitative estimate of drug-likeness (QED) is 0.716. The zero-order valence-corrected chi connectivity index (χ0v) is 13.3. The van der Waals surface area contributed by atoms with Crippen molar-refractivity contribution in [2.24, 2.45) is 0 Å². The van der Waals surface area contributed by atoms with Crippen LogP contribution in [0.5, 0.6) is 5.75 Å². The number of carbonyl (C=O) groups excluding carboxylic acids is 1. The molecule has 7 nitrogen and oxygen atoms in total. The van der Waals surface area contributed by atoms with Crippen LogP contribution in [0.1, 0.15) is 35.4 Å². The molecular formula is C16H21N3O4. The van der Waals surface area contributed by atoms with Gasteiger partial charge in [-0.15, -0.1) is 0 Å². The summed E-state index contributed by atoms with van der Waals surface area (Å²) >= 11 is 0. The lowest BCUT2D eigenvalue weighted by Gasteiger charge is -2.09. The molecule has 2 N–H and O–H groups in total. The van der Waals surface area contributed by atoms with Crippen molar-refractivity contribution in [1.29, 1.82) is 0 Å². The second kappa shape index (κ2) is 8.28. The Balaban J connectivity index is 1.79. The Morgan fingerprint density at radius 3 is 3.00 bits per heavy atom. The molecule has 7 heteroatoms. The summed E-state index contributed by atoms with van der Waals surface area (Å²) < 4.78 is 10.7. The number of hydrogen-bond donors (Lipinski definition) is 2. The van der Waals surface area contributed by atoms with Crippen LogP contribution in [0.2, 0.25) is 0 Å². The van der Waals surface area contributed by atoms with Crippen molar-refractivity contribution >= 4 is 5.91 Å². The molecule has 1 amide bonds. The second-order valence-corrected chi connectivity index (χ2v) is 5.27. The number of nitrogens with zero attached hydrogens (tertiary/aromatic N) is 2. The Labute approximate surface area is 134 Å². The van der Waals surface area contributed by atoms with Crippen LogP contribution in [0.4, 0.5) is 0 Å². The molecule has 0 saturated heterocycles. The van der Waals surface area contributed by atoms with Crippen molar-refractivity contribution < 1.29 is 19.2 Å². The molecule has 0 aliphatic heterocycles. The number of aliphatic hydroxyl groups excluding tert-OH is 1. The minimum atomic E-state index is -0.577. The Morgan fingerprint density at radius 1 is 1.48 bits per heavy atom. The molecule has 0 radical (unpaired) electrons. The number of aliphatic hydroxyl groups is 1. The van der Waals surface area contributed by atoms with Crippen LogP contribution in [0.3, 0.4) is 0 Å². The zero-order chi connectivity index (χ0) is 16.7. The maximum Gasteiger partial charge on any atom is 0.251 e. The van der Waals surface area contributed by atoms with E-state index in [2.05, 4.69) is 15.5 Å². The minimum Gasteiger partial charge on any atom is -0.494 e. The van der Waals surface area contributed by atoms with Gasteiger partial charge in [0.1, 0.15) is 5.75 Å². The smallest absolute Gasteiger partial charge is 0.251 e. The lowest BCUT2D eigenvalue weighted by molar-refractivity contribution is 0.0923. The van der Waals surface area contributed by atoms with E-state index in [9.17, 15) is 9.90 Å². The number of rotatable bonds is 8. The van der Waals surface area contributed by atoms with Crippen molar-refractivity contribution in [3.05, 3.63) is 41.5 Å². The summed E-state index contributed by atoms with van der Waals surface area (Å²) in [6.07, 6.45) is 0.807. The number of nitrogens with one attached hydrogen (secondary N) is 1. The fraction of sp³-hybridized carbons (Fsp3) is 0.438. The highest BCUT2D eigenvalue weighted by Gasteiger charge is 2.08. The summed E-state index contributed by atoms with van der Waals surface area (Å²) in [4.78, 5) is 16.0. The molecule has 1 unspecified atom stereocenters. The van der Waals surface area contributed by atoms with Crippen molar-refractivity contribution in [1.82, 2.24) is 15.5 Å². The van der Waals surface area contributed by atoms with E-state index in [1.54, 1.807) is 38.1 Å². The third-order valence-corrected chi connectivity index (χ3v) is 3.03. The third kappa shape index (κ3) is 5.71. The molecule has 1 atom stereocenters. The van der Waals surface area contributed by atoms with Crippen molar-refractivity contribution in [3.63, 3.8) is 0 Å². The van der Waals surface area contributed by atoms with Crippen LogP contribution in [0.15, 0.2) is 28.8 Å². The maximum absolute atomic E-state index is 11.9. The number of amides is 1. The molecule has 0 spiro atoms. The molecule has 0 aliphatic carbocycles. The predicted molar refractivity (Wildman–Crippen MR) is 83.3 cm³/mol. The van der Waals surface area contributed by atoms with E-state index >= 15 is 0 Å². The highest BCUT2D eigenvalue weighted by Crippen LogP contribution is 2.14. The van der Waals surface area contributed by atoms with Crippen LogP contribution < -0.4 is 10.1 Å². The van der Waals surface area contributed by atoms with Crippen LogP contribution in [-0.2, 0) is 6.42 Å². The average molecular weight is 319 g/mol. The maximum atomic E-state index is 11.9. The van der Waals surface area contributed by atoms with Gasteiger partial charge in [-0.05, 0) is 38.5 Å². The standard InChI is InChI=1S/C16H21N3O4/c1-11(20)10-17-16(21)13-5-3-6-14(9-13)22-8-4-7-15-18-12(2)19-23-15/h3,5-6,9,11,20H,4,7-8,10H2,1-2H3,(H,17,21). The number of ether oxygens (including phenoxy) is 1. The summed E-state index contributed by atoms with van der Waals surface area (Å²) in [5.41, 5.74) is 0.496. The third-order valence-electron chi connectivity index (χ3n) is 3.03. The minimum absolute atomic E-state index is 0.216. The first-order valence-corrected chi connectivity index (χ1v) is 7.53. The van der Waals surface area contributed by atoms with Gasteiger partial charge in [0, 0.05) is 18.5 Å². The second-order valence-electron chi connectivity index (χ2n) is 5.27. The molecule has 23 heavy (non-hydrogen) atoms. The van der Waals surface area contributed by atoms with Gasteiger partial charge >= 0.3 is 0 Å². The first kappa shape index (κ1) is 17.0. The number of aromatic nitrogens is 2. The first-order chi connectivity index (χ1) is 11.0. The van der Waals surface area contributed by atoms with E-state index in [1.165, 1.54) is 0 Å². The topological polar surface area (TPSA) is 97.5 Å². The van der Waals surface area contributed by atoms with Gasteiger partial charge in [0.05, 0.1) is 12.7 Å². The molecule has 0 saturated carbocycles. The summed E-state index contributed by atoms with van der Waals surface area (Å²) in [6, 6.07) is 6.93. The summed E-state index contributed by atoms with van der Waals surface area (Å²) in [7, 11) is 0. The van der Waals surface area contributed by atoms with Crippen LogP contribution in [0.25, 0.3) is 0 Å². The van der Waals surface area contributed by atoms with Gasteiger partial charge < -0.3 is 19.7 Å². The fourth-order valence-corrected chi connectivity index (χ4v) is 1.92. The predicted octanol–water partition coefficient (Wildman–Crippen LogP) is 1.50. The van der Waals surface area contributed by atoms with Gasteiger partial charge in [-0.25, -0.2) is 0 Å². The zero-order valence-electron chi connectivity index (χ0n) is 13.3. The van der Waals surface area contributed by atoms with Gasteiger partial charge in [0.2, 0.25) is 5.89 Å². The largest absolute Gasteiger partial charge is 0.494 e. The Morgan fingerprint density at radius 2 is 2.30 bits per heavy atom. The molecule has 0 aliphatic rings.